The van der Waals surface area contributed by atoms with Gasteiger partial charge in [0, 0.05) is 44.0 Å². The summed E-state index contributed by atoms with van der Waals surface area (Å²) in [6.45, 7) is 1.64. The molecule has 5 nitrogen and oxygen atoms in total. The van der Waals surface area contributed by atoms with Crippen LogP contribution in [0.25, 0.3) is 10.9 Å². The molecular weight excluding hydrogens is 300 g/mol. The molecule has 4 rings (SSSR count). The van der Waals surface area contributed by atoms with E-state index in [0.29, 0.717) is 5.92 Å². The van der Waals surface area contributed by atoms with Crippen LogP contribution in [0.15, 0.2) is 48.9 Å². The third kappa shape index (κ3) is 2.94. The highest BCUT2D eigenvalue weighted by atomic mass is 16.2. The second-order valence-electron chi connectivity index (χ2n) is 6.61. The minimum Gasteiger partial charge on any atom is -0.356 e. The summed E-state index contributed by atoms with van der Waals surface area (Å²) in [5.41, 5.74) is 2.43. The van der Waals surface area contributed by atoms with Gasteiger partial charge in [-0.2, -0.15) is 5.10 Å². The van der Waals surface area contributed by atoms with Gasteiger partial charge in [-0.1, -0.05) is 18.2 Å². The Morgan fingerprint density at radius 3 is 3.04 bits per heavy atom. The summed E-state index contributed by atoms with van der Waals surface area (Å²) in [5, 5.41) is 8.53. The second-order valence-corrected chi connectivity index (χ2v) is 6.61. The van der Waals surface area contributed by atoms with E-state index in [2.05, 4.69) is 51.5 Å². The van der Waals surface area contributed by atoms with E-state index in [-0.39, 0.29) is 11.8 Å². The number of benzene rings is 1. The Morgan fingerprint density at radius 2 is 2.21 bits per heavy atom. The first-order valence-corrected chi connectivity index (χ1v) is 8.52. The van der Waals surface area contributed by atoms with Crippen LogP contribution in [0.2, 0.25) is 0 Å². The Balaban J connectivity index is 1.24. The normalized spacial score (nSPS) is 19.5. The molecule has 124 valence electrons. The summed E-state index contributed by atoms with van der Waals surface area (Å²) >= 11 is 0. The predicted octanol–water partition coefficient (Wildman–Crippen LogP) is 2.68. The monoisotopic (exact) mass is 322 g/mol. The largest absolute Gasteiger partial charge is 0.356 e. The maximum Gasteiger partial charge on any atom is 0.223 e. The van der Waals surface area contributed by atoms with E-state index in [1.54, 1.807) is 4.68 Å². The second kappa shape index (κ2) is 6.15. The van der Waals surface area contributed by atoms with Crippen molar-refractivity contribution >= 4 is 16.8 Å². The number of carbonyl (C=O) groups excluding carboxylic acids is 1. The topological polar surface area (TPSA) is 51.9 Å². The minimum atomic E-state index is 0.126. The molecule has 5 heteroatoms. The van der Waals surface area contributed by atoms with E-state index in [9.17, 15) is 4.79 Å². The van der Waals surface area contributed by atoms with Gasteiger partial charge in [0.1, 0.15) is 0 Å². The van der Waals surface area contributed by atoms with Crippen molar-refractivity contribution in [3.05, 3.63) is 54.5 Å². The van der Waals surface area contributed by atoms with E-state index in [1.807, 2.05) is 19.4 Å². The van der Waals surface area contributed by atoms with Gasteiger partial charge in [-0.3, -0.25) is 9.48 Å². The molecule has 24 heavy (non-hydrogen) atoms. The standard InChI is InChI=1S/C19H22N4O/c1-22-13-15(12-21-22)16-11-17(16)19(24)20-8-4-9-23-10-7-14-5-2-3-6-18(14)23/h2-3,5-7,10,12-13,16-17H,4,8-9,11H2,1H3,(H,20,24)/t16-,17+/m0/s1. The van der Waals surface area contributed by atoms with Crippen molar-refractivity contribution in [3.63, 3.8) is 0 Å². The van der Waals surface area contributed by atoms with Gasteiger partial charge in [0.15, 0.2) is 0 Å². The molecular formula is C19H22N4O. The van der Waals surface area contributed by atoms with E-state index in [4.69, 9.17) is 0 Å². The Kier molecular flexibility index (Phi) is 3.84. The highest BCUT2D eigenvalue weighted by Gasteiger charge is 2.44. The molecule has 1 amide bonds. The summed E-state index contributed by atoms with van der Waals surface area (Å²) < 4.78 is 4.04. The third-order valence-corrected chi connectivity index (χ3v) is 4.84. The molecule has 1 fully saturated rings. The van der Waals surface area contributed by atoms with Crippen LogP contribution < -0.4 is 5.32 Å². The fraction of sp³-hybridized carbons (Fsp3) is 0.368. The van der Waals surface area contributed by atoms with Crippen molar-refractivity contribution in [2.75, 3.05) is 6.54 Å². The lowest BCUT2D eigenvalue weighted by Gasteiger charge is -2.07. The number of nitrogens with zero attached hydrogens (tertiary/aromatic N) is 3. The number of carbonyl (C=O) groups is 1. The lowest BCUT2D eigenvalue weighted by atomic mass is 10.2. The van der Waals surface area contributed by atoms with Gasteiger partial charge in [0.25, 0.3) is 0 Å². The number of amides is 1. The first-order chi connectivity index (χ1) is 11.7. The van der Waals surface area contributed by atoms with Crippen molar-refractivity contribution in [3.8, 4) is 0 Å². The van der Waals surface area contributed by atoms with E-state index < -0.39 is 0 Å². The summed E-state index contributed by atoms with van der Waals surface area (Å²) in [4.78, 5) is 12.2. The van der Waals surface area contributed by atoms with Crippen molar-refractivity contribution in [1.82, 2.24) is 19.7 Å². The molecule has 3 aromatic rings. The van der Waals surface area contributed by atoms with Crippen molar-refractivity contribution < 1.29 is 4.79 Å². The zero-order valence-corrected chi connectivity index (χ0v) is 13.9. The highest BCUT2D eigenvalue weighted by molar-refractivity contribution is 5.82. The van der Waals surface area contributed by atoms with Gasteiger partial charge in [-0.25, -0.2) is 0 Å². The average Bonchev–Trinajstić information content (AvgIpc) is 3.11. The average molecular weight is 322 g/mol. The Labute approximate surface area is 141 Å². The number of hydrogen-bond donors (Lipinski definition) is 1. The van der Waals surface area contributed by atoms with Crippen LogP contribution in [0.4, 0.5) is 0 Å². The highest BCUT2D eigenvalue weighted by Crippen LogP contribution is 2.47. The Hall–Kier alpha value is -2.56. The van der Waals surface area contributed by atoms with Gasteiger partial charge < -0.3 is 9.88 Å². The van der Waals surface area contributed by atoms with Crippen molar-refractivity contribution in [2.45, 2.75) is 25.3 Å². The van der Waals surface area contributed by atoms with Crippen LogP contribution in [-0.4, -0.2) is 26.8 Å². The quantitative estimate of drug-likeness (QED) is 0.709. The molecule has 0 aliphatic heterocycles. The van der Waals surface area contributed by atoms with Gasteiger partial charge >= 0.3 is 0 Å². The number of fused-ring (bicyclic) bond motifs is 1. The van der Waals surface area contributed by atoms with E-state index in [1.165, 1.54) is 16.5 Å². The van der Waals surface area contributed by atoms with Gasteiger partial charge in [-0.15, -0.1) is 0 Å². The first-order valence-electron chi connectivity index (χ1n) is 8.52. The molecule has 1 aliphatic rings. The van der Waals surface area contributed by atoms with Crippen LogP contribution in [0.1, 0.15) is 24.3 Å². The minimum absolute atomic E-state index is 0.126. The summed E-state index contributed by atoms with van der Waals surface area (Å²) in [6.07, 6.45) is 7.88. The molecule has 1 aliphatic carbocycles. The number of aryl methyl sites for hydroxylation is 2. The van der Waals surface area contributed by atoms with Gasteiger partial charge in [0.2, 0.25) is 5.91 Å². The summed E-state index contributed by atoms with van der Waals surface area (Å²) in [6, 6.07) is 10.5. The maximum absolute atomic E-state index is 12.2. The number of nitrogens with one attached hydrogen (secondary N) is 1. The molecule has 0 radical (unpaired) electrons. The molecule has 0 bridgehead atoms. The fourth-order valence-corrected chi connectivity index (χ4v) is 3.41. The predicted molar refractivity (Wildman–Crippen MR) is 93.6 cm³/mol. The van der Waals surface area contributed by atoms with Crippen LogP contribution >= 0.6 is 0 Å². The zero-order chi connectivity index (χ0) is 16.5. The molecule has 0 unspecified atom stereocenters. The molecule has 1 N–H and O–H groups in total. The number of para-hydroxylation sites is 1. The molecule has 0 saturated heterocycles. The van der Waals surface area contributed by atoms with E-state index >= 15 is 0 Å². The SMILES string of the molecule is Cn1cc([C@@H]2C[C@H]2C(=O)NCCCn2ccc3ccccc32)cn1. The lowest BCUT2D eigenvalue weighted by molar-refractivity contribution is -0.122. The van der Waals surface area contributed by atoms with E-state index in [0.717, 1.165) is 25.9 Å². The molecule has 2 atom stereocenters. The van der Waals surface area contributed by atoms with Crippen molar-refractivity contribution in [2.24, 2.45) is 13.0 Å². The maximum atomic E-state index is 12.2. The van der Waals surface area contributed by atoms with Crippen LogP contribution in [0, 0.1) is 5.92 Å². The van der Waals surface area contributed by atoms with Crippen LogP contribution in [-0.2, 0) is 18.4 Å². The fourth-order valence-electron chi connectivity index (χ4n) is 3.41. The lowest BCUT2D eigenvalue weighted by Crippen LogP contribution is -2.27. The zero-order valence-electron chi connectivity index (χ0n) is 13.9. The molecule has 1 aromatic carbocycles. The molecule has 2 aromatic heterocycles. The molecule has 0 spiro atoms. The molecule has 2 heterocycles. The number of rotatable bonds is 6. The molecule has 1 saturated carbocycles. The van der Waals surface area contributed by atoms with Crippen LogP contribution in [0.5, 0.6) is 0 Å². The Morgan fingerprint density at radius 1 is 1.33 bits per heavy atom. The Bertz CT molecular complexity index is 863. The van der Waals surface area contributed by atoms with Gasteiger partial charge in [-0.05, 0) is 41.8 Å². The summed E-state index contributed by atoms with van der Waals surface area (Å²) in [7, 11) is 1.91. The third-order valence-electron chi connectivity index (χ3n) is 4.84. The number of aromatic nitrogens is 3. The smallest absolute Gasteiger partial charge is 0.223 e. The summed E-state index contributed by atoms with van der Waals surface area (Å²) in [5.74, 6) is 0.662. The van der Waals surface area contributed by atoms with Crippen molar-refractivity contribution in [1.29, 1.82) is 0 Å². The van der Waals surface area contributed by atoms with Crippen LogP contribution in [0.3, 0.4) is 0 Å². The number of hydrogen-bond acceptors (Lipinski definition) is 2. The van der Waals surface area contributed by atoms with Gasteiger partial charge in [0.05, 0.1) is 6.20 Å². The first kappa shape index (κ1) is 15.0.